The number of hydrogen-bond donors (Lipinski definition) is 1. The SMILES string of the molecule is Cn1cc(C(=O)NC2CCN(c3ccc(C(=O)c4nccn4C)cc3[N+](=O)[O-])CC2)cn1. The number of piperidine rings is 1. The molecule has 166 valence electrons. The van der Waals surface area contributed by atoms with Crippen LogP contribution >= 0.6 is 0 Å². The number of nitrogens with zero attached hydrogens (tertiary/aromatic N) is 6. The molecule has 32 heavy (non-hydrogen) atoms. The molecule has 3 heterocycles. The number of benzene rings is 1. The number of aryl methyl sites for hydroxylation is 2. The van der Waals surface area contributed by atoms with Gasteiger partial charge in [0.15, 0.2) is 5.82 Å². The first-order chi connectivity index (χ1) is 15.3. The maximum absolute atomic E-state index is 12.7. The molecule has 1 saturated heterocycles. The molecule has 1 aliphatic heterocycles. The molecule has 0 bridgehead atoms. The molecule has 3 aromatic rings. The van der Waals surface area contributed by atoms with E-state index >= 15 is 0 Å². The van der Waals surface area contributed by atoms with E-state index in [1.54, 1.807) is 47.9 Å². The lowest BCUT2D eigenvalue weighted by Gasteiger charge is -2.33. The van der Waals surface area contributed by atoms with Crippen LogP contribution in [-0.2, 0) is 14.1 Å². The van der Waals surface area contributed by atoms with Gasteiger partial charge in [-0.1, -0.05) is 0 Å². The highest BCUT2D eigenvalue weighted by Gasteiger charge is 2.27. The van der Waals surface area contributed by atoms with Gasteiger partial charge < -0.3 is 14.8 Å². The van der Waals surface area contributed by atoms with Gasteiger partial charge in [-0.25, -0.2) is 4.98 Å². The summed E-state index contributed by atoms with van der Waals surface area (Å²) in [6.45, 7) is 1.09. The maximum atomic E-state index is 12.7. The molecule has 0 saturated carbocycles. The first kappa shape index (κ1) is 21.2. The van der Waals surface area contributed by atoms with Gasteiger partial charge >= 0.3 is 0 Å². The molecule has 1 aliphatic rings. The van der Waals surface area contributed by atoms with Crippen LogP contribution in [0.4, 0.5) is 11.4 Å². The van der Waals surface area contributed by atoms with Crippen molar-refractivity contribution in [2.45, 2.75) is 18.9 Å². The van der Waals surface area contributed by atoms with Crippen LogP contribution < -0.4 is 10.2 Å². The molecule has 1 fully saturated rings. The average molecular weight is 437 g/mol. The molecule has 0 spiro atoms. The third kappa shape index (κ3) is 4.22. The second kappa shape index (κ2) is 8.61. The first-order valence-electron chi connectivity index (χ1n) is 10.2. The van der Waals surface area contributed by atoms with Crippen molar-refractivity contribution in [1.82, 2.24) is 24.6 Å². The number of nitrogens with one attached hydrogen (secondary N) is 1. The van der Waals surface area contributed by atoms with Crippen LogP contribution in [0.1, 0.15) is 39.4 Å². The Bertz CT molecular complexity index is 1170. The number of nitro groups is 1. The largest absolute Gasteiger partial charge is 0.366 e. The van der Waals surface area contributed by atoms with E-state index < -0.39 is 4.92 Å². The molecular formula is C21H23N7O4. The Balaban J connectivity index is 1.46. The van der Waals surface area contributed by atoms with Gasteiger partial charge in [0.2, 0.25) is 5.78 Å². The van der Waals surface area contributed by atoms with Gasteiger partial charge in [-0.2, -0.15) is 5.10 Å². The number of imidazole rings is 1. The second-order valence-electron chi connectivity index (χ2n) is 7.79. The van der Waals surface area contributed by atoms with Crippen LogP contribution in [0.25, 0.3) is 0 Å². The lowest BCUT2D eigenvalue weighted by molar-refractivity contribution is -0.384. The smallest absolute Gasteiger partial charge is 0.293 e. The number of aromatic nitrogens is 4. The zero-order valence-corrected chi connectivity index (χ0v) is 17.8. The molecule has 1 aromatic carbocycles. The summed E-state index contributed by atoms with van der Waals surface area (Å²) in [6, 6.07) is 4.49. The Morgan fingerprint density at radius 1 is 1.19 bits per heavy atom. The lowest BCUT2D eigenvalue weighted by atomic mass is 10.0. The zero-order valence-electron chi connectivity index (χ0n) is 17.8. The average Bonchev–Trinajstić information content (AvgIpc) is 3.41. The normalized spacial score (nSPS) is 14.4. The summed E-state index contributed by atoms with van der Waals surface area (Å²) in [4.78, 5) is 42.2. The fraction of sp³-hybridized carbons (Fsp3) is 0.333. The fourth-order valence-electron chi connectivity index (χ4n) is 3.86. The predicted octanol–water partition coefficient (Wildman–Crippen LogP) is 1.69. The van der Waals surface area contributed by atoms with Gasteiger partial charge in [0, 0.05) is 63.4 Å². The van der Waals surface area contributed by atoms with Crippen molar-refractivity contribution in [3.05, 3.63) is 70.1 Å². The van der Waals surface area contributed by atoms with Crippen molar-refractivity contribution in [2.24, 2.45) is 14.1 Å². The number of hydrogen-bond acceptors (Lipinski definition) is 7. The van der Waals surface area contributed by atoms with Gasteiger partial charge in [-0.3, -0.25) is 24.4 Å². The highest BCUT2D eigenvalue weighted by molar-refractivity contribution is 6.07. The lowest BCUT2D eigenvalue weighted by Crippen LogP contribution is -2.44. The molecule has 0 atom stereocenters. The minimum Gasteiger partial charge on any atom is -0.366 e. The van der Waals surface area contributed by atoms with E-state index in [9.17, 15) is 19.7 Å². The van der Waals surface area contributed by atoms with Crippen molar-refractivity contribution >= 4 is 23.1 Å². The number of carbonyl (C=O) groups is 2. The molecule has 11 nitrogen and oxygen atoms in total. The third-order valence-corrected chi connectivity index (χ3v) is 5.60. The van der Waals surface area contributed by atoms with E-state index in [0.29, 0.717) is 37.2 Å². The Hall–Kier alpha value is -4.02. The van der Waals surface area contributed by atoms with Crippen LogP contribution in [0.2, 0.25) is 0 Å². The van der Waals surface area contributed by atoms with E-state index in [1.807, 2.05) is 4.90 Å². The summed E-state index contributed by atoms with van der Waals surface area (Å²) < 4.78 is 3.14. The minimum atomic E-state index is -0.471. The zero-order chi connectivity index (χ0) is 22.8. The van der Waals surface area contributed by atoms with E-state index in [1.165, 1.54) is 18.5 Å². The summed E-state index contributed by atoms with van der Waals surface area (Å²) >= 11 is 0. The minimum absolute atomic E-state index is 0.0257. The number of carbonyl (C=O) groups excluding carboxylic acids is 2. The van der Waals surface area contributed by atoms with E-state index in [4.69, 9.17) is 0 Å². The molecule has 0 unspecified atom stereocenters. The van der Waals surface area contributed by atoms with Crippen molar-refractivity contribution in [3.8, 4) is 0 Å². The topological polar surface area (TPSA) is 128 Å². The molecule has 2 aromatic heterocycles. The second-order valence-corrected chi connectivity index (χ2v) is 7.79. The monoisotopic (exact) mass is 437 g/mol. The Kier molecular flexibility index (Phi) is 5.71. The summed E-state index contributed by atoms with van der Waals surface area (Å²) in [5.41, 5.74) is 1.05. The summed E-state index contributed by atoms with van der Waals surface area (Å²) in [5, 5.41) is 18.7. The first-order valence-corrected chi connectivity index (χ1v) is 10.2. The number of anilines is 1. The fourth-order valence-corrected chi connectivity index (χ4v) is 3.86. The van der Waals surface area contributed by atoms with Gasteiger partial charge in [0.25, 0.3) is 11.6 Å². The Labute approximate surface area is 183 Å². The highest BCUT2D eigenvalue weighted by Crippen LogP contribution is 2.32. The third-order valence-electron chi connectivity index (χ3n) is 5.60. The van der Waals surface area contributed by atoms with Crippen molar-refractivity contribution in [1.29, 1.82) is 0 Å². The molecule has 4 rings (SSSR count). The number of amides is 1. The van der Waals surface area contributed by atoms with Crippen molar-refractivity contribution < 1.29 is 14.5 Å². The highest BCUT2D eigenvalue weighted by atomic mass is 16.6. The van der Waals surface area contributed by atoms with Crippen LogP contribution in [0, 0.1) is 10.1 Å². The molecular weight excluding hydrogens is 414 g/mol. The van der Waals surface area contributed by atoms with E-state index in [-0.39, 0.29) is 34.8 Å². The Morgan fingerprint density at radius 2 is 1.94 bits per heavy atom. The van der Waals surface area contributed by atoms with E-state index in [0.717, 1.165) is 0 Å². The van der Waals surface area contributed by atoms with Crippen LogP contribution in [0.15, 0.2) is 43.0 Å². The van der Waals surface area contributed by atoms with Gasteiger partial charge in [0.1, 0.15) is 5.69 Å². The quantitative estimate of drug-likeness (QED) is 0.353. The number of nitro benzene ring substituents is 1. The number of rotatable bonds is 6. The maximum Gasteiger partial charge on any atom is 0.293 e. The summed E-state index contributed by atoms with van der Waals surface area (Å²) in [5.74, 6) is -0.333. The molecule has 0 radical (unpaired) electrons. The van der Waals surface area contributed by atoms with Crippen LogP contribution in [0.3, 0.4) is 0 Å². The van der Waals surface area contributed by atoms with Gasteiger partial charge in [-0.05, 0) is 25.0 Å². The predicted molar refractivity (Wildman–Crippen MR) is 116 cm³/mol. The molecule has 1 N–H and O–H groups in total. The van der Waals surface area contributed by atoms with Crippen molar-refractivity contribution in [2.75, 3.05) is 18.0 Å². The van der Waals surface area contributed by atoms with Crippen molar-refractivity contribution in [3.63, 3.8) is 0 Å². The van der Waals surface area contributed by atoms with Gasteiger partial charge in [0.05, 0.1) is 16.7 Å². The van der Waals surface area contributed by atoms with Crippen LogP contribution in [0.5, 0.6) is 0 Å². The van der Waals surface area contributed by atoms with Crippen LogP contribution in [-0.4, -0.2) is 55.1 Å². The number of ketones is 1. The molecule has 11 heteroatoms. The van der Waals surface area contributed by atoms with E-state index in [2.05, 4.69) is 15.4 Å². The summed E-state index contributed by atoms with van der Waals surface area (Å²) in [7, 11) is 3.44. The standard InChI is InChI=1S/C21H23N7O4/c1-25-10-7-22-20(25)19(29)14-3-4-17(18(11-14)28(31)32)27-8-5-16(6-9-27)24-21(30)15-12-23-26(2)13-15/h3-4,7,10-13,16H,5-6,8-9H2,1-2H3,(H,24,30). The Morgan fingerprint density at radius 3 is 2.53 bits per heavy atom. The molecule has 1 amide bonds. The summed E-state index contributed by atoms with van der Waals surface area (Å²) in [6.07, 6.45) is 7.62. The van der Waals surface area contributed by atoms with Gasteiger partial charge in [-0.15, -0.1) is 0 Å². The molecule has 0 aliphatic carbocycles.